The van der Waals surface area contributed by atoms with E-state index >= 15 is 0 Å². The van der Waals surface area contributed by atoms with E-state index in [1.807, 2.05) is 40.2 Å². The molecule has 0 bridgehead atoms. The van der Waals surface area contributed by atoms with Crippen molar-refractivity contribution in [2.45, 2.75) is 116 Å². The fraction of sp³-hybridized carbons (Fsp3) is 0.686. The lowest BCUT2D eigenvalue weighted by Crippen LogP contribution is -2.45. The van der Waals surface area contributed by atoms with Crippen LogP contribution in [0.25, 0.3) is 0 Å². The van der Waals surface area contributed by atoms with Crippen molar-refractivity contribution in [1.82, 2.24) is 5.32 Å². The number of phosphoric ester groups is 1. The van der Waals surface area contributed by atoms with Crippen molar-refractivity contribution in [3.63, 3.8) is 0 Å². The lowest BCUT2D eigenvalue weighted by molar-refractivity contribution is -0.870. The van der Waals surface area contributed by atoms with Gasteiger partial charge in [-0.2, -0.15) is 0 Å². The summed E-state index contributed by atoms with van der Waals surface area (Å²) in [4.78, 5) is 25.0. The molecule has 0 aliphatic carbocycles. The minimum Gasteiger partial charge on any atom is -0.756 e. The third kappa shape index (κ3) is 28.9. The zero-order valence-electron chi connectivity index (χ0n) is 28.3. The number of rotatable bonds is 28. The molecular weight excluding hydrogens is 575 g/mol. The van der Waals surface area contributed by atoms with E-state index in [0.717, 1.165) is 77.0 Å². The molecule has 0 heterocycles. The van der Waals surface area contributed by atoms with E-state index < -0.39 is 26.6 Å². The van der Waals surface area contributed by atoms with Crippen LogP contribution in [0.4, 0.5) is 0 Å². The number of likely N-dealkylation sites (N-methyl/N-ethyl adjacent to an activating group) is 1. The van der Waals surface area contributed by atoms with Gasteiger partial charge in [0.1, 0.15) is 13.2 Å². The molecule has 0 rings (SSSR count). The number of amides is 1. The molecule has 1 amide bonds. The van der Waals surface area contributed by atoms with Gasteiger partial charge in [0.15, 0.2) is 0 Å². The predicted octanol–water partition coefficient (Wildman–Crippen LogP) is 7.32. The van der Waals surface area contributed by atoms with Crippen molar-refractivity contribution in [2.24, 2.45) is 0 Å². The van der Waals surface area contributed by atoms with E-state index in [9.17, 15) is 19.4 Å². The van der Waals surface area contributed by atoms with E-state index in [-0.39, 0.29) is 12.5 Å². The summed E-state index contributed by atoms with van der Waals surface area (Å²) in [6.07, 6.45) is 32.9. The molecule has 0 saturated carbocycles. The maximum Gasteiger partial charge on any atom is 0.268 e. The zero-order valence-corrected chi connectivity index (χ0v) is 29.2. The summed E-state index contributed by atoms with van der Waals surface area (Å²) in [5.41, 5.74) is 0. The Hall–Kier alpha value is -1.80. The van der Waals surface area contributed by atoms with Crippen molar-refractivity contribution < 1.29 is 32.9 Å². The minimum absolute atomic E-state index is 0.0152. The highest BCUT2D eigenvalue weighted by Gasteiger charge is 2.23. The van der Waals surface area contributed by atoms with Crippen molar-refractivity contribution >= 4 is 13.7 Å². The molecule has 0 saturated heterocycles. The number of unbranched alkanes of at least 4 members (excludes halogenated alkanes) is 8. The van der Waals surface area contributed by atoms with Gasteiger partial charge < -0.3 is 28.8 Å². The van der Waals surface area contributed by atoms with Gasteiger partial charge in [-0.25, -0.2) is 0 Å². The first-order chi connectivity index (χ1) is 21.0. The molecule has 0 spiro atoms. The summed E-state index contributed by atoms with van der Waals surface area (Å²) in [6.45, 7) is 4.25. The number of quaternary nitrogens is 1. The molecular formula is C35H63N2O6P. The largest absolute Gasteiger partial charge is 0.756 e. The summed E-state index contributed by atoms with van der Waals surface area (Å²) >= 11 is 0. The molecule has 3 unspecified atom stereocenters. The van der Waals surface area contributed by atoms with Gasteiger partial charge in [-0.15, -0.1) is 0 Å². The van der Waals surface area contributed by atoms with Crippen LogP contribution in [0, 0.1) is 0 Å². The molecule has 9 heteroatoms. The van der Waals surface area contributed by atoms with Gasteiger partial charge in [-0.05, 0) is 64.7 Å². The molecule has 0 aliphatic heterocycles. The van der Waals surface area contributed by atoms with Crippen molar-refractivity contribution in [3.05, 3.63) is 60.8 Å². The van der Waals surface area contributed by atoms with Gasteiger partial charge in [-0.3, -0.25) is 9.36 Å². The second-order valence-electron chi connectivity index (χ2n) is 12.2. The molecule has 0 aliphatic rings. The van der Waals surface area contributed by atoms with Gasteiger partial charge in [0.25, 0.3) is 7.82 Å². The second kappa shape index (κ2) is 27.5. The highest BCUT2D eigenvalue weighted by molar-refractivity contribution is 7.45. The Labute approximate surface area is 269 Å². The molecule has 0 aromatic carbocycles. The summed E-state index contributed by atoms with van der Waals surface area (Å²) in [5, 5.41) is 13.5. The Kier molecular flexibility index (Phi) is 26.4. The SMILES string of the molecule is C/C=C/CC/C=C/CC/C=C/C(O)C(COP(=O)([O-])OCC[N+](C)(C)C)NC(=O)CCCCCCC/C=C\C/C=C\CCC. The Bertz CT molecular complexity index is 907. The minimum atomic E-state index is -4.59. The number of hydrogen-bond donors (Lipinski definition) is 2. The van der Waals surface area contributed by atoms with Crippen molar-refractivity contribution in [3.8, 4) is 0 Å². The quantitative estimate of drug-likeness (QED) is 0.0402. The highest BCUT2D eigenvalue weighted by atomic mass is 31.2. The van der Waals surface area contributed by atoms with Crippen LogP contribution in [0.1, 0.15) is 104 Å². The van der Waals surface area contributed by atoms with Crippen molar-refractivity contribution in [2.75, 3.05) is 40.9 Å². The molecule has 0 aromatic heterocycles. The Morgan fingerprint density at radius 3 is 2.09 bits per heavy atom. The van der Waals surface area contributed by atoms with Gasteiger partial charge >= 0.3 is 0 Å². The topological polar surface area (TPSA) is 108 Å². The van der Waals surface area contributed by atoms with Crippen LogP contribution in [-0.2, 0) is 18.4 Å². The van der Waals surface area contributed by atoms with E-state index in [1.54, 1.807) is 6.08 Å². The molecule has 0 radical (unpaired) electrons. The number of nitrogens with zero attached hydrogens (tertiary/aromatic N) is 1. The lowest BCUT2D eigenvalue weighted by Gasteiger charge is -2.29. The van der Waals surface area contributed by atoms with Crippen LogP contribution in [-0.4, -0.2) is 68.5 Å². The summed E-state index contributed by atoms with van der Waals surface area (Å²) in [6, 6.07) is -0.914. The van der Waals surface area contributed by atoms with E-state index in [2.05, 4.69) is 54.8 Å². The number of allylic oxidation sites excluding steroid dienone is 9. The molecule has 8 nitrogen and oxygen atoms in total. The van der Waals surface area contributed by atoms with E-state index in [4.69, 9.17) is 9.05 Å². The van der Waals surface area contributed by atoms with Crippen molar-refractivity contribution in [1.29, 1.82) is 0 Å². The fourth-order valence-corrected chi connectivity index (χ4v) is 4.77. The second-order valence-corrected chi connectivity index (χ2v) is 13.6. The first-order valence-electron chi connectivity index (χ1n) is 16.6. The zero-order chi connectivity index (χ0) is 32.9. The number of carbonyl (C=O) groups excluding carboxylic acids is 1. The first kappa shape index (κ1) is 42.2. The van der Waals surface area contributed by atoms with Gasteiger partial charge in [-0.1, -0.05) is 93.4 Å². The number of carbonyl (C=O) groups is 1. The molecule has 254 valence electrons. The molecule has 3 atom stereocenters. The number of aliphatic hydroxyl groups is 1. The summed E-state index contributed by atoms with van der Waals surface area (Å²) in [5.74, 6) is -0.235. The Morgan fingerprint density at radius 2 is 1.43 bits per heavy atom. The van der Waals surface area contributed by atoms with Gasteiger partial charge in [0.05, 0.1) is 39.9 Å². The number of phosphoric acid groups is 1. The average Bonchev–Trinajstić information content (AvgIpc) is 2.95. The van der Waals surface area contributed by atoms with Crippen LogP contribution < -0.4 is 10.2 Å². The van der Waals surface area contributed by atoms with Gasteiger partial charge in [0, 0.05) is 6.42 Å². The first-order valence-corrected chi connectivity index (χ1v) is 18.1. The van der Waals surface area contributed by atoms with E-state index in [1.165, 1.54) is 6.42 Å². The molecule has 0 aromatic rings. The van der Waals surface area contributed by atoms with Gasteiger partial charge in [0.2, 0.25) is 5.91 Å². The number of hydrogen-bond acceptors (Lipinski definition) is 6. The van der Waals surface area contributed by atoms with Crippen LogP contribution in [0.5, 0.6) is 0 Å². The molecule has 0 fully saturated rings. The summed E-state index contributed by atoms with van der Waals surface area (Å²) < 4.78 is 22.9. The normalized spacial score (nSPS) is 15.7. The van der Waals surface area contributed by atoms with E-state index in [0.29, 0.717) is 17.4 Å². The monoisotopic (exact) mass is 638 g/mol. The van der Waals surface area contributed by atoms with Crippen LogP contribution in [0.3, 0.4) is 0 Å². The number of aliphatic hydroxyl groups excluding tert-OH is 1. The lowest BCUT2D eigenvalue weighted by atomic mass is 10.1. The van der Waals surface area contributed by atoms with Crippen LogP contribution in [0.15, 0.2) is 60.8 Å². The number of nitrogens with one attached hydrogen (secondary N) is 1. The standard InChI is InChI=1S/C35H63N2O6P/c1-6-8-10-12-14-16-17-18-19-21-23-25-27-29-35(39)36-33(32-43-44(40,41)42-31-30-37(3,4)5)34(38)28-26-24-22-20-15-13-11-9-7-2/h7,9-10,12,15-17,20,26,28,33-34,38H,6,8,11,13-14,18-19,21-25,27,29-32H2,1-5H3,(H-,36,39,40,41)/b9-7+,12-10-,17-16-,20-15+,28-26+. The smallest absolute Gasteiger partial charge is 0.268 e. The average molecular weight is 639 g/mol. The molecule has 2 N–H and O–H groups in total. The fourth-order valence-electron chi connectivity index (χ4n) is 4.05. The van der Waals surface area contributed by atoms with Crippen LogP contribution in [0.2, 0.25) is 0 Å². The maximum absolute atomic E-state index is 12.7. The Balaban J connectivity index is 4.68. The Morgan fingerprint density at radius 1 is 0.841 bits per heavy atom. The van der Waals surface area contributed by atoms with Crippen LogP contribution >= 0.6 is 7.82 Å². The third-order valence-corrected chi connectivity index (χ3v) is 7.72. The molecule has 44 heavy (non-hydrogen) atoms. The maximum atomic E-state index is 12.7. The highest BCUT2D eigenvalue weighted by Crippen LogP contribution is 2.38. The summed E-state index contributed by atoms with van der Waals surface area (Å²) in [7, 11) is 1.21. The predicted molar refractivity (Wildman–Crippen MR) is 182 cm³/mol. The third-order valence-electron chi connectivity index (χ3n) is 6.75.